The van der Waals surface area contributed by atoms with Crippen molar-refractivity contribution in [2.75, 3.05) is 0 Å². The molecule has 0 aromatic carbocycles. The highest BCUT2D eigenvalue weighted by Crippen LogP contribution is 2.30. The Kier molecular flexibility index (Phi) is 30.3. The molecular weight excluding hydrogens is 1120 g/mol. The molecule has 0 unspecified atom stereocenters. The van der Waals surface area contributed by atoms with E-state index in [4.69, 9.17) is 5.11 Å². The molecule has 0 spiro atoms. The van der Waals surface area contributed by atoms with Crippen molar-refractivity contribution in [1.82, 2.24) is 64.3 Å². The van der Waals surface area contributed by atoms with Gasteiger partial charge in [0.05, 0.1) is 52.7 Å². The van der Waals surface area contributed by atoms with Crippen molar-refractivity contribution in [2.24, 2.45) is 7.05 Å². The predicted octanol–water partition coefficient (Wildman–Crippen LogP) is 17.5. The van der Waals surface area contributed by atoms with Gasteiger partial charge in [0.15, 0.2) is 0 Å². The number of aromatic nitrogens is 13. The van der Waals surface area contributed by atoms with Crippen LogP contribution in [0.1, 0.15) is 234 Å². The molecule has 15 nitrogen and oxygen atoms in total. The van der Waals surface area contributed by atoms with Crippen LogP contribution in [0.25, 0.3) is 0 Å². The van der Waals surface area contributed by atoms with Crippen LogP contribution in [0.3, 0.4) is 0 Å². The summed E-state index contributed by atoms with van der Waals surface area (Å²) < 4.78 is 36.3. The quantitative estimate of drug-likeness (QED) is 0.179. The lowest BCUT2D eigenvalue weighted by atomic mass is 9.85. The molecule has 8 rings (SSSR count). The molecule has 0 fully saturated rings. The first-order valence-corrected chi connectivity index (χ1v) is 30.6. The van der Waals surface area contributed by atoms with Crippen molar-refractivity contribution < 1.29 is 18.6 Å². The lowest BCUT2D eigenvalue weighted by molar-refractivity contribution is -0.0539. The maximum Gasteiger partial charge on any atom is 0.388 e. The normalized spacial score (nSPS) is 11.9. The third-order valence-corrected chi connectivity index (χ3v) is 13.2. The van der Waals surface area contributed by atoms with Crippen LogP contribution in [-0.2, 0) is 57.3 Å². The first kappa shape index (κ1) is 80.0. The minimum Gasteiger partial charge on any atom is -0.417 e. The Balaban J connectivity index is 0.000000510. The average molecular weight is 1230 g/mol. The molecule has 8 heterocycles. The highest BCUT2D eigenvalue weighted by molar-refractivity contribution is 5.32. The van der Waals surface area contributed by atoms with Crippen molar-refractivity contribution >= 4 is 0 Å². The monoisotopic (exact) mass is 1230 g/mol. The third-order valence-electron chi connectivity index (χ3n) is 13.2. The minimum atomic E-state index is -2.83. The first-order valence-electron chi connectivity index (χ1n) is 30.6. The number of hydrogen-bond donors (Lipinski definition) is 1. The van der Waals surface area contributed by atoms with E-state index in [0.29, 0.717) is 5.56 Å². The number of aryl methyl sites for hydroxylation is 7. The molecule has 89 heavy (non-hydrogen) atoms. The van der Waals surface area contributed by atoms with E-state index in [1.54, 1.807) is 18.3 Å². The molecule has 0 aliphatic heterocycles. The van der Waals surface area contributed by atoms with Gasteiger partial charge in [-0.1, -0.05) is 122 Å². The van der Waals surface area contributed by atoms with E-state index in [0.717, 1.165) is 28.3 Å². The first-order chi connectivity index (χ1) is 40.4. The smallest absolute Gasteiger partial charge is 0.388 e. The fourth-order valence-corrected chi connectivity index (χ4v) is 8.42. The number of aliphatic hydroxyl groups excluding tert-OH is 1. The SMILES string of the molecule is CC(C)(C)c1cccnc1CO.CC(C)(C)c1cccnc1OC(F)F.Cc1cc(C(C)(C)C)cnn1.Cc1ccn(C(C)(C)C)n1.Cc1ccnn1C(C)(C)C.Cc1cnc(C)c(C(C)(C)C)c1.Cc1cnn(C(C)(C)C)c1.Cn1nccc1C(C)(C)C. The summed E-state index contributed by atoms with van der Waals surface area (Å²) >= 11 is 0. The van der Waals surface area contributed by atoms with Crippen molar-refractivity contribution in [1.29, 1.82) is 0 Å². The molecule has 494 valence electrons. The van der Waals surface area contributed by atoms with Crippen LogP contribution in [-0.4, -0.2) is 76.0 Å². The Labute approximate surface area is 536 Å². The molecule has 0 radical (unpaired) electrons. The van der Waals surface area contributed by atoms with Crippen LogP contribution >= 0.6 is 0 Å². The summed E-state index contributed by atoms with van der Waals surface area (Å²) in [6.07, 6.45) is 16.5. The topological polar surface area (TPSA) is 165 Å². The van der Waals surface area contributed by atoms with Gasteiger partial charge in [-0.3, -0.25) is 28.7 Å². The van der Waals surface area contributed by atoms with E-state index >= 15 is 0 Å². The summed E-state index contributed by atoms with van der Waals surface area (Å²) in [6, 6.07) is 17.8. The molecule has 17 heteroatoms. The average Bonchev–Trinajstić information content (AvgIpc) is 3.40. The molecule has 0 aliphatic rings. The zero-order valence-corrected chi connectivity index (χ0v) is 60.6. The maximum absolute atomic E-state index is 12.0. The van der Waals surface area contributed by atoms with Gasteiger partial charge < -0.3 is 9.84 Å². The van der Waals surface area contributed by atoms with Crippen LogP contribution in [0.4, 0.5) is 8.78 Å². The van der Waals surface area contributed by atoms with Gasteiger partial charge in [0.1, 0.15) is 0 Å². The second kappa shape index (κ2) is 33.7. The van der Waals surface area contributed by atoms with E-state index in [2.05, 4.69) is 248 Å². The molecule has 0 amide bonds. The summed E-state index contributed by atoms with van der Waals surface area (Å²) in [4.78, 5) is 12.2. The van der Waals surface area contributed by atoms with E-state index in [1.807, 2.05) is 122 Å². The van der Waals surface area contributed by atoms with Crippen LogP contribution in [0, 0.1) is 41.5 Å². The second-order valence-electron chi connectivity index (χ2n) is 30.5. The zero-order valence-electron chi connectivity index (χ0n) is 60.6. The van der Waals surface area contributed by atoms with Gasteiger partial charge in [0.2, 0.25) is 5.88 Å². The number of aliphatic hydroxyl groups is 1. The number of hydrogen-bond acceptors (Lipinski definition) is 11. The molecule has 0 bridgehead atoms. The van der Waals surface area contributed by atoms with Gasteiger partial charge >= 0.3 is 6.61 Å². The van der Waals surface area contributed by atoms with Gasteiger partial charge in [0, 0.05) is 78.5 Å². The van der Waals surface area contributed by atoms with Crippen LogP contribution in [0.5, 0.6) is 5.88 Å². The molecule has 0 atom stereocenters. The number of alkyl halides is 2. The van der Waals surface area contributed by atoms with Crippen LogP contribution < -0.4 is 4.74 Å². The van der Waals surface area contributed by atoms with E-state index in [1.165, 1.54) is 39.8 Å². The van der Waals surface area contributed by atoms with Crippen LogP contribution in [0.2, 0.25) is 0 Å². The summed E-state index contributed by atoms with van der Waals surface area (Å²) in [7, 11) is 1.97. The standard InChI is InChI=1S/C11H17N.C10H13F2NO.C10H15NO.C9H14N2.4C8H14N2/c1-8-6-10(11(3,4)5)9(2)12-7-8;1-10(2,3)7-5-4-6-13-8(7)14-9(11)12;1-10(2,3)8-5-4-6-11-9(8)7-12;1-7-5-8(6-10-11-7)9(2,3)4;1-7-5-9-10(6-7)8(2,3)4;1-8(2,3)7-5-6-9-10(7)4;1-7-5-6-10(9-7)8(2,3)4;1-7-5-6-9-10(7)8(2,3)4/h6-7H,1-5H3;4-6,9H,1-3H3;4-6,12H,7H2,1-3H3;5-6H,1-4H3;4*5-6H,1-4H3. The van der Waals surface area contributed by atoms with Gasteiger partial charge in [-0.25, -0.2) is 4.98 Å². The Morgan fingerprint density at radius 3 is 1.36 bits per heavy atom. The molecule has 1 N–H and O–H groups in total. The molecule has 8 aromatic rings. The minimum absolute atomic E-state index is 0.00926. The Morgan fingerprint density at radius 2 is 1.04 bits per heavy atom. The Morgan fingerprint density at radius 1 is 0.506 bits per heavy atom. The van der Waals surface area contributed by atoms with Crippen molar-refractivity contribution in [3.05, 3.63) is 178 Å². The molecule has 0 saturated heterocycles. The van der Waals surface area contributed by atoms with Crippen molar-refractivity contribution in [3.63, 3.8) is 0 Å². The van der Waals surface area contributed by atoms with Gasteiger partial charge in [-0.15, -0.1) is 0 Å². The lowest BCUT2D eigenvalue weighted by Crippen LogP contribution is -2.24. The van der Waals surface area contributed by atoms with E-state index < -0.39 is 6.61 Å². The van der Waals surface area contributed by atoms with Crippen molar-refractivity contribution in [2.45, 2.75) is 265 Å². The highest BCUT2D eigenvalue weighted by atomic mass is 19.3. The summed E-state index contributed by atoms with van der Waals surface area (Å²) in [5.41, 5.74) is 14.1. The van der Waals surface area contributed by atoms with E-state index in [9.17, 15) is 8.78 Å². The predicted molar refractivity (Wildman–Crippen MR) is 364 cm³/mol. The largest absolute Gasteiger partial charge is 0.417 e. The second-order valence-corrected chi connectivity index (χ2v) is 30.5. The number of nitrogens with zero attached hydrogens (tertiary/aromatic N) is 13. The Bertz CT molecular complexity index is 3190. The maximum atomic E-state index is 12.0. The fourth-order valence-electron chi connectivity index (χ4n) is 8.42. The van der Waals surface area contributed by atoms with E-state index in [-0.39, 0.29) is 56.2 Å². The van der Waals surface area contributed by atoms with Crippen molar-refractivity contribution in [3.8, 4) is 5.88 Å². The third kappa shape index (κ3) is 29.9. The van der Waals surface area contributed by atoms with Gasteiger partial charge in [-0.05, 0) is 190 Å². The highest BCUT2D eigenvalue weighted by Gasteiger charge is 2.23. The summed E-state index contributed by atoms with van der Waals surface area (Å²) in [5, 5.41) is 33.6. The van der Waals surface area contributed by atoms with Gasteiger partial charge in [0.25, 0.3) is 0 Å². The van der Waals surface area contributed by atoms with Crippen LogP contribution in [0.15, 0.2) is 110 Å². The molecular formula is C72H115F2N13O2. The zero-order chi connectivity index (χ0) is 68.9. The number of rotatable bonds is 3. The summed E-state index contributed by atoms with van der Waals surface area (Å²) in [5.74, 6) is 0.00926. The Hall–Kier alpha value is -7.01. The van der Waals surface area contributed by atoms with Gasteiger partial charge in [-0.2, -0.15) is 39.4 Å². The molecule has 8 aromatic heterocycles. The number of pyridine rings is 3. The molecule has 0 aliphatic carbocycles. The molecule has 0 saturated carbocycles. The summed E-state index contributed by atoms with van der Waals surface area (Å²) in [6.45, 7) is 60.5. The lowest BCUT2D eigenvalue weighted by Gasteiger charge is -2.21. The number of ether oxygens (including phenoxy) is 1. The number of halogens is 2. The fraction of sp³-hybridized carbons (Fsp3) is 0.569.